The molecule has 2 heteroatoms. The molecule has 2 aromatic rings. The summed E-state index contributed by atoms with van der Waals surface area (Å²) in [4.78, 5) is 0. The number of aliphatic hydroxyl groups is 1. The molecule has 1 saturated carbocycles. The molecular formula is C17H17ClO. The van der Waals surface area contributed by atoms with Crippen molar-refractivity contribution in [3.63, 3.8) is 0 Å². The van der Waals surface area contributed by atoms with Crippen molar-refractivity contribution in [3.05, 3.63) is 71.8 Å². The Morgan fingerprint density at radius 2 is 1.26 bits per heavy atom. The lowest BCUT2D eigenvalue weighted by Gasteiger charge is -2.30. The molecule has 19 heavy (non-hydrogen) atoms. The fourth-order valence-electron chi connectivity index (χ4n) is 2.96. The Bertz CT molecular complexity index is 504. The summed E-state index contributed by atoms with van der Waals surface area (Å²) < 4.78 is 0. The number of rotatable bonds is 3. The lowest BCUT2D eigenvalue weighted by Crippen LogP contribution is -2.31. The molecule has 3 rings (SSSR count). The van der Waals surface area contributed by atoms with Gasteiger partial charge in [-0.1, -0.05) is 67.6 Å². The summed E-state index contributed by atoms with van der Waals surface area (Å²) in [7, 11) is 0. The lowest BCUT2D eigenvalue weighted by atomic mass is 9.81. The van der Waals surface area contributed by atoms with Crippen LogP contribution >= 0.6 is 11.6 Å². The highest BCUT2D eigenvalue weighted by atomic mass is 35.5. The van der Waals surface area contributed by atoms with Crippen LogP contribution in [0.5, 0.6) is 0 Å². The molecular weight excluding hydrogens is 256 g/mol. The van der Waals surface area contributed by atoms with E-state index in [-0.39, 0.29) is 11.3 Å². The van der Waals surface area contributed by atoms with Gasteiger partial charge in [0.05, 0.1) is 0 Å². The van der Waals surface area contributed by atoms with E-state index in [2.05, 4.69) is 6.92 Å². The van der Waals surface area contributed by atoms with Crippen molar-refractivity contribution in [1.82, 2.24) is 0 Å². The third kappa shape index (κ3) is 1.98. The minimum Gasteiger partial charge on any atom is -0.380 e. The first-order valence-corrected chi connectivity index (χ1v) is 7.07. The van der Waals surface area contributed by atoms with Crippen molar-refractivity contribution in [2.75, 3.05) is 0 Å². The number of alkyl halides is 1. The SMILES string of the molecule is C[C@H]1[C@H](Cl)[C@@H]1C(O)(c1ccccc1)c1ccccc1. The van der Waals surface area contributed by atoms with Crippen molar-refractivity contribution in [2.24, 2.45) is 11.8 Å². The van der Waals surface area contributed by atoms with E-state index in [1.807, 2.05) is 60.7 Å². The zero-order valence-corrected chi connectivity index (χ0v) is 11.6. The first-order valence-electron chi connectivity index (χ1n) is 6.63. The van der Waals surface area contributed by atoms with E-state index in [0.717, 1.165) is 11.1 Å². The maximum Gasteiger partial charge on any atom is 0.119 e. The van der Waals surface area contributed by atoms with Gasteiger partial charge in [-0.3, -0.25) is 0 Å². The molecule has 98 valence electrons. The van der Waals surface area contributed by atoms with Crippen LogP contribution < -0.4 is 0 Å². The maximum absolute atomic E-state index is 11.4. The summed E-state index contributed by atoms with van der Waals surface area (Å²) in [6.45, 7) is 2.10. The summed E-state index contributed by atoms with van der Waals surface area (Å²) in [5.41, 5.74) is 0.844. The summed E-state index contributed by atoms with van der Waals surface area (Å²) in [5, 5.41) is 11.4. The highest BCUT2D eigenvalue weighted by Crippen LogP contribution is 2.56. The van der Waals surface area contributed by atoms with E-state index in [0.29, 0.717) is 5.92 Å². The Hall–Kier alpha value is -1.31. The fraction of sp³-hybridized carbons (Fsp3) is 0.294. The monoisotopic (exact) mass is 272 g/mol. The Kier molecular flexibility index (Phi) is 3.12. The van der Waals surface area contributed by atoms with Crippen molar-refractivity contribution >= 4 is 11.6 Å². The van der Waals surface area contributed by atoms with Crippen molar-refractivity contribution in [2.45, 2.75) is 17.9 Å². The summed E-state index contributed by atoms with van der Waals surface area (Å²) in [6, 6.07) is 19.7. The summed E-state index contributed by atoms with van der Waals surface area (Å²) in [5.74, 6) is 0.394. The van der Waals surface area contributed by atoms with Crippen molar-refractivity contribution in [1.29, 1.82) is 0 Å². The molecule has 1 fully saturated rings. The molecule has 0 heterocycles. The third-order valence-electron chi connectivity index (χ3n) is 4.18. The number of benzene rings is 2. The van der Waals surface area contributed by atoms with Crippen LogP contribution in [0.25, 0.3) is 0 Å². The molecule has 0 spiro atoms. The molecule has 0 aromatic heterocycles. The van der Waals surface area contributed by atoms with Crippen LogP contribution in [0.1, 0.15) is 18.1 Å². The molecule has 0 radical (unpaired) electrons. The van der Waals surface area contributed by atoms with Gasteiger partial charge in [-0.2, -0.15) is 0 Å². The Balaban J connectivity index is 2.12. The fourth-order valence-corrected chi connectivity index (χ4v) is 3.45. The van der Waals surface area contributed by atoms with Gasteiger partial charge in [-0.25, -0.2) is 0 Å². The Morgan fingerprint density at radius 3 is 1.58 bits per heavy atom. The van der Waals surface area contributed by atoms with Crippen LogP contribution in [-0.2, 0) is 5.60 Å². The summed E-state index contributed by atoms with van der Waals surface area (Å²) >= 11 is 6.33. The topological polar surface area (TPSA) is 20.2 Å². The lowest BCUT2D eigenvalue weighted by molar-refractivity contribution is 0.0518. The van der Waals surface area contributed by atoms with Crippen LogP contribution in [-0.4, -0.2) is 10.5 Å². The van der Waals surface area contributed by atoms with Crippen LogP contribution in [0.2, 0.25) is 0 Å². The van der Waals surface area contributed by atoms with Gasteiger partial charge >= 0.3 is 0 Å². The van der Waals surface area contributed by atoms with Crippen molar-refractivity contribution in [3.8, 4) is 0 Å². The second kappa shape index (κ2) is 4.66. The molecule has 2 aromatic carbocycles. The molecule has 1 aliphatic carbocycles. The Labute approximate surface area is 118 Å². The predicted octanol–water partition coefficient (Wildman–Crippen LogP) is 3.80. The maximum atomic E-state index is 11.4. The molecule has 3 atom stereocenters. The molecule has 0 unspecified atom stereocenters. The standard InChI is InChI=1S/C17H17ClO/c1-12-15(16(12)18)17(19,13-8-4-2-5-9-13)14-10-6-3-7-11-14/h2-12,15-16,19H,1H3/t12-,15-,16+/m1/s1. The molecule has 0 bridgehead atoms. The molecule has 1 N–H and O–H groups in total. The first kappa shape index (κ1) is 12.7. The number of hydrogen-bond donors (Lipinski definition) is 1. The van der Waals surface area contributed by atoms with E-state index in [1.54, 1.807) is 0 Å². The predicted molar refractivity (Wildman–Crippen MR) is 78.2 cm³/mol. The molecule has 0 amide bonds. The van der Waals surface area contributed by atoms with Gasteiger partial charge < -0.3 is 5.11 Å². The van der Waals surface area contributed by atoms with Gasteiger partial charge in [0.25, 0.3) is 0 Å². The van der Waals surface area contributed by atoms with Crippen LogP contribution in [0.15, 0.2) is 60.7 Å². The van der Waals surface area contributed by atoms with Gasteiger partial charge in [-0.05, 0) is 17.0 Å². The van der Waals surface area contributed by atoms with E-state index in [4.69, 9.17) is 11.6 Å². The molecule has 1 aliphatic rings. The van der Waals surface area contributed by atoms with E-state index in [9.17, 15) is 5.11 Å². The minimum absolute atomic E-state index is 0.0328. The largest absolute Gasteiger partial charge is 0.380 e. The second-order valence-electron chi connectivity index (χ2n) is 5.33. The number of halogens is 1. The average molecular weight is 273 g/mol. The minimum atomic E-state index is -0.992. The van der Waals surface area contributed by atoms with Crippen LogP contribution in [0, 0.1) is 11.8 Å². The van der Waals surface area contributed by atoms with Gasteiger partial charge in [0.2, 0.25) is 0 Å². The average Bonchev–Trinajstić information content (AvgIpc) is 3.08. The van der Waals surface area contributed by atoms with Gasteiger partial charge in [-0.15, -0.1) is 11.6 Å². The van der Waals surface area contributed by atoms with E-state index >= 15 is 0 Å². The van der Waals surface area contributed by atoms with E-state index in [1.165, 1.54) is 0 Å². The van der Waals surface area contributed by atoms with E-state index < -0.39 is 5.60 Å². The van der Waals surface area contributed by atoms with Crippen LogP contribution in [0.4, 0.5) is 0 Å². The van der Waals surface area contributed by atoms with Gasteiger partial charge in [0.1, 0.15) is 5.60 Å². The van der Waals surface area contributed by atoms with Crippen molar-refractivity contribution < 1.29 is 5.11 Å². The first-order chi connectivity index (χ1) is 9.15. The molecule has 0 saturated heterocycles. The highest BCUT2D eigenvalue weighted by Gasteiger charge is 2.59. The second-order valence-corrected chi connectivity index (χ2v) is 5.83. The molecule has 0 aliphatic heterocycles. The third-order valence-corrected chi connectivity index (χ3v) is 4.85. The normalized spacial score (nSPS) is 26.2. The number of hydrogen-bond acceptors (Lipinski definition) is 1. The quantitative estimate of drug-likeness (QED) is 0.843. The highest BCUT2D eigenvalue weighted by molar-refractivity contribution is 6.23. The van der Waals surface area contributed by atoms with Gasteiger partial charge in [0.15, 0.2) is 0 Å². The molecule has 1 nitrogen and oxygen atoms in total. The Morgan fingerprint density at radius 1 is 0.895 bits per heavy atom. The smallest absolute Gasteiger partial charge is 0.119 e. The zero-order chi connectivity index (χ0) is 13.5. The summed E-state index contributed by atoms with van der Waals surface area (Å²) in [6.07, 6.45) is 0. The van der Waals surface area contributed by atoms with Gasteiger partial charge in [0, 0.05) is 11.3 Å². The zero-order valence-electron chi connectivity index (χ0n) is 10.8. The van der Waals surface area contributed by atoms with Crippen LogP contribution in [0.3, 0.4) is 0 Å².